The highest BCUT2D eigenvalue weighted by atomic mass is 32.1. The topological polar surface area (TPSA) is 68.3 Å². The van der Waals surface area contributed by atoms with E-state index in [9.17, 15) is 9.59 Å². The molecule has 0 aliphatic carbocycles. The Hall–Kier alpha value is -3.25. The number of nitrogens with one attached hydrogen (secondary N) is 1. The fourth-order valence-corrected chi connectivity index (χ4v) is 3.43. The molecular formula is C20H14N2O3S. The van der Waals surface area contributed by atoms with Crippen LogP contribution in [0.25, 0.3) is 21.0 Å². The number of esters is 1. The number of nitrogens with zero attached hydrogens (tertiary/aromatic N) is 1. The van der Waals surface area contributed by atoms with Crippen LogP contribution in [-0.2, 0) is 9.53 Å². The van der Waals surface area contributed by atoms with E-state index in [0.717, 1.165) is 21.0 Å². The van der Waals surface area contributed by atoms with Gasteiger partial charge in [0.15, 0.2) is 6.61 Å². The molecule has 3 aromatic carbocycles. The van der Waals surface area contributed by atoms with Crippen molar-refractivity contribution in [1.82, 2.24) is 4.98 Å². The van der Waals surface area contributed by atoms with Crippen LogP contribution >= 0.6 is 11.3 Å². The van der Waals surface area contributed by atoms with E-state index in [0.29, 0.717) is 11.3 Å². The lowest BCUT2D eigenvalue weighted by Crippen LogP contribution is -2.21. The molecule has 1 aromatic heterocycles. The summed E-state index contributed by atoms with van der Waals surface area (Å²) in [6.45, 7) is -0.344. The van der Waals surface area contributed by atoms with Crippen molar-refractivity contribution in [3.05, 3.63) is 71.7 Å². The quantitative estimate of drug-likeness (QED) is 0.551. The van der Waals surface area contributed by atoms with Gasteiger partial charge in [-0.1, -0.05) is 36.4 Å². The number of hydrogen-bond acceptors (Lipinski definition) is 5. The fourth-order valence-electron chi connectivity index (χ4n) is 2.72. The van der Waals surface area contributed by atoms with Crippen molar-refractivity contribution in [2.24, 2.45) is 0 Å². The van der Waals surface area contributed by atoms with Crippen molar-refractivity contribution >= 4 is 49.9 Å². The minimum absolute atomic E-state index is 0.344. The standard InChI is InChI=1S/C20H14N2O3S/c23-19(22-16-7-3-5-13-4-1-2-6-15(13)16)11-25-20(24)14-8-9-17-18(10-14)26-12-21-17/h1-10,12H,11H2,(H,22,23). The average molecular weight is 362 g/mol. The molecule has 26 heavy (non-hydrogen) atoms. The molecule has 0 aliphatic rings. The lowest BCUT2D eigenvalue weighted by Gasteiger charge is -2.09. The molecule has 5 nitrogen and oxygen atoms in total. The molecule has 1 heterocycles. The van der Waals surface area contributed by atoms with Crippen LogP contribution in [0.2, 0.25) is 0 Å². The zero-order chi connectivity index (χ0) is 17.9. The Morgan fingerprint density at radius 3 is 2.81 bits per heavy atom. The molecule has 128 valence electrons. The second kappa shape index (κ2) is 6.93. The van der Waals surface area contributed by atoms with Crippen LogP contribution in [0.3, 0.4) is 0 Å². The monoisotopic (exact) mass is 362 g/mol. The Labute approximate surface area is 153 Å². The van der Waals surface area contributed by atoms with E-state index in [4.69, 9.17) is 4.74 Å². The van der Waals surface area contributed by atoms with E-state index in [2.05, 4.69) is 10.3 Å². The van der Waals surface area contributed by atoms with Gasteiger partial charge in [-0.3, -0.25) is 4.79 Å². The number of anilines is 1. The minimum atomic E-state index is -0.534. The predicted molar refractivity (Wildman–Crippen MR) is 102 cm³/mol. The molecule has 0 atom stereocenters. The van der Waals surface area contributed by atoms with Crippen LogP contribution in [-0.4, -0.2) is 23.5 Å². The number of hydrogen-bond donors (Lipinski definition) is 1. The third-order valence-electron chi connectivity index (χ3n) is 3.97. The van der Waals surface area contributed by atoms with E-state index in [1.807, 2.05) is 42.5 Å². The van der Waals surface area contributed by atoms with Gasteiger partial charge in [0, 0.05) is 11.1 Å². The first-order valence-corrected chi connectivity index (χ1v) is 8.87. The van der Waals surface area contributed by atoms with Crippen LogP contribution in [0.5, 0.6) is 0 Å². The molecule has 0 unspecified atom stereocenters. The zero-order valence-corrected chi connectivity index (χ0v) is 14.5. The lowest BCUT2D eigenvalue weighted by atomic mass is 10.1. The number of benzene rings is 3. The maximum Gasteiger partial charge on any atom is 0.338 e. The SMILES string of the molecule is O=C(COC(=O)c1ccc2ncsc2c1)Nc1cccc2ccccc12. The Morgan fingerprint density at radius 2 is 1.88 bits per heavy atom. The first kappa shape index (κ1) is 16.2. The molecule has 4 aromatic rings. The van der Waals surface area contributed by atoms with Gasteiger partial charge in [-0.05, 0) is 29.7 Å². The third kappa shape index (κ3) is 3.27. The first-order chi connectivity index (χ1) is 12.7. The molecule has 1 amide bonds. The van der Waals surface area contributed by atoms with Gasteiger partial charge in [-0.2, -0.15) is 0 Å². The van der Waals surface area contributed by atoms with Gasteiger partial charge in [0.2, 0.25) is 0 Å². The van der Waals surface area contributed by atoms with Crippen molar-refractivity contribution in [2.75, 3.05) is 11.9 Å². The van der Waals surface area contributed by atoms with Gasteiger partial charge in [0.05, 0.1) is 21.3 Å². The predicted octanol–water partition coefficient (Wildman–Crippen LogP) is 4.25. The van der Waals surface area contributed by atoms with Crippen molar-refractivity contribution < 1.29 is 14.3 Å². The molecule has 6 heteroatoms. The summed E-state index contributed by atoms with van der Waals surface area (Å²) in [5, 5.41) is 4.76. The molecule has 0 fully saturated rings. The zero-order valence-electron chi connectivity index (χ0n) is 13.6. The summed E-state index contributed by atoms with van der Waals surface area (Å²) in [6, 6.07) is 18.5. The van der Waals surface area contributed by atoms with Crippen LogP contribution in [0.1, 0.15) is 10.4 Å². The van der Waals surface area contributed by atoms with Crippen LogP contribution < -0.4 is 5.32 Å². The molecular weight excluding hydrogens is 348 g/mol. The van der Waals surface area contributed by atoms with Gasteiger partial charge >= 0.3 is 5.97 Å². The van der Waals surface area contributed by atoms with Crippen LogP contribution in [0, 0.1) is 0 Å². The lowest BCUT2D eigenvalue weighted by molar-refractivity contribution is -0.119. The summed E-state index contributed by atoms with van der Waals surface area (Å²) in [7, 11) is 0. The smallest absolute Gasteiger partial charge is 0.338 e. The van der Waals surface area contributed by atoms with Crippen molar-refractivity contribution in [2.45, 2.75) is 0 Å². The summed E-state index contributed by atoms with van der Waals surface area (Å²) in [4.78, 5) is 28.5. The molecule has 1 N–H and O–H groups in total. The van der Waals surface area contributed by atoms with E-state index in [1.54, 1.807) is 23.7 Å². The Morgan fingerprint density at radius 1 is 1.04 bits per heavy atom. The van der Waals surface area contributed by atoms with Gasteiger partial charge in [-0.15, -0.1) is 11.3 Å². The van der Waals surface area contributed by atoms with Crippen LogP contribution in [0.4, 0.5) is 5.69 Å². The number of aromatic nitrogens is 1. The molecule has 0 saturated heterocycles. The summed E-state index contributed by atoms with van der Waals surface area (Å²) >= 11 is 1.45. The van der Waals surface area contributed by atoms with Gasteiger partial charge < -0.3 is 10.1 Å². The highest BCUT2D eigenvalue weighted by Crippen LogP contribution is 2.23. The summed E-state index contributed by atoms with van der Waals surface area (Å²) in [5.41, 5.74) is 3.65. The fraction of sp³-hybridized carbons (Fsp3) is 0.0500. The summed E-state index contributed by atoms with van der Waals surface area (Å²) in [5.74, 6) is -0.915. The molecule has 0 spiro atoms. The van der Waals surface area contributed by atoms with Gasteiger partial charge in [0.1, 0.15) is 0 Å². The summed E-state index contributed by atoms with van der Waals surface area (Å²) in [6.07, 6.45) is 0. The van der Waals surface area contributed by atoms with Crippen molar-refractivity contribution in [3.63, 3.8) is 0 Å². The second-order valence-corrected chi connectivity index (χ2v) is 6.57. The Balaban J connectivity index is 1.42. The minimum Gasteiger partial charge on any atom is -0.452 e. The largest absolute Gasteiger partial charge is 0.452 e. The second-order valence-electron chi connectivity index (χ2n) is 5.69. The maximum absolute atomic E-state index is 12.2. The molecule has 0 aliphatic heterocycles. The van der Waals surface area contributed by atoms with Crippen molar-refractivity contribution in [1.29, 1.82) is 0 Å². The number of fused-ring (bicyclic) bond motifs is 2. The highest BCUT2D eigenvalue weighted by Gasteiger charge is 2.12. The average Bonchev–Trinajstić information content (AvgIpc) is 3.14. The Kier molecular flexibility index (Phi) is 4.33. The number of carbonyl (C=O) groups excluding carboxylic acids is 2. The summed E-state index contributed by atoms with van der Waals surface area (Å²) < 4.78 is 6.04. The molecule has 4 rings (SSSR count). The van der Waals surface area contributed by atoms with Gasteiger partial charge in [-0.25, -0.2) is 9.78 Å². The van der Waals surface area contributed by atoms with Crippen LogP contribution in [0.15, 0.2) is 66.2 Å². The van der Waals surface area contributed by atoms with E-state index in [-0.39, 0.29) is 12.5 Å². The third-order valence-corrected chi connectivity index (χ3v) is 4.76. The number of amides is 1. The number of rotatable bonds is 4. The number of ether oxygens (including phenoxy) is 1. The van der Waals surface area contributed by atoms with Crippen molar-refractivity contribution in [3.8, 4) is 0 Å². The highest BCUT2D eigenvalue weighted by molar-refractivity contribution is 7.16. The number of thiazole rings is 1. The van der Waals surface area contributed by atoms with E-state index < -0.39 is 5.97 Å². The van der Waals surface area contributed by atoms with Gasteiger partial charge in [0.25, 0.3) is 5.91 Å². The van der Waals surface area contributed by atoms with E-state index in [1.165, 1.54) is 11.3 Å². The maximum atomic E-state index is 12.2. The Bertz CT molecular complexity index is 1110. The normalized spacial score (nSPS) is 10.8. The molecule has 0 radical (unpaired) electrons. The molecule has 0 saturated carbocycles. The first-order valence-electron chi connectivity index (χ1n) is 7.99. The number of carbonyl (C=O) groups is 2. The van der Waals surface area contributed by atoms with E-state index >= 15 is 0 Å². The molecule has 0 bridgehead atoms.